The molecule has 2 aromatic rings. The molecule has 0 N–H and O–H groups in total. The fourth-order valence-corrected chi connectivity index (χ4v) is 1.53. The first-order chi connectivity index (χ1) is 7.70. The molecule has 1 aromatic heterocycles. The lowest BCUT2D eigenvalue weighted by atomic mass is 10.1. The van der Waals surface area contributed by atoms with Gasteiger partial charge in [0.15, 0.2) is 0 Å². The first kappa shape index (κ1) is 10.9. The maximum Gasteiger partial charge on any atom is 0.232 e. The Morgan fingerprint density at radius 3 is 2.62 bits per heavy atom. The van der Waals surface area contributed by atoms with Crippen LogP contribution in [0.25, 0.3) is 11.3 Å². The van der Waals surface area contributed by atoms with Gasteiger partial charge in [0, 0.05) is 11.8 Å². The summed E-state index contributed by atoms with van der Waals surface area (Å²) in [5, 5.41) is 9.63. The minimum atomic E-state index is 0.128. The Kier molecular flexibility index (Phi) is 3.04. The maximum absolute atomic E-state index is 8.69. The molecule has 78 valence electrons. The molecular weight excluding hydrogens is 245 g/mol. The molecule has 0 atom stereocenters. The minimum Gasteiger partial charge on any atom is -0.227 e. The first-order valence-electron chi connectivity index (χ1n) is 4.39. The van der Waals surface area contributed by atoms with Crippen LogP contribution in [-0.4, -0.2) is 9.97 Å². The van der Waals surface area contributed by atoms with Gasteiger partial charge in [-0.15, -0.1) is 0 Å². The summed E-state index contributed by atoms with van der Waals surface area (Å²) >= 11 is 11.7. The van der Waals surface area contributed by atoms with E-state index in [1.807, 2.05) is 6.07 Å². The molecule has 0 fully saturated rings. The summed E-state index contributed by atoms with van der Waals surface area (Å²) in [5.74, 6) is 0.128. The van der Waals surface area contributed by atoms with E-state index in [1.165, 1.54) is 6.20 Å². The van der Waals surface area contributed by atoms with Crippen molar-refractivity contribution in [3.63, 3.8) is 0 Å². The van der Waals surface area contributed by atoms with E-state index in [-0.39, 0.29) is 5.82 Å². The van der Waals surface area contributed by atoms with E-state index in [4.69, 9.17) is 28.5 Å². The highest BCUT2D eigenvalue weighted by molar-refractivity contribution is 6.42. The summed E-state index contributed by atoms with van der Waals surface area (Å²) in [6.45, 7) is 0. The Morgan fingerprint density at radius 1 is 1.12 bits per heavy atom. The van der Waals surface area contributed by atoms with Crippen LogP contribution in [0.3, 0.4) is 0 Å². The van der Waals surface area contributed by atoms with Gasteiger partial charge in [0.05, 0.1) is 15.7 Å². The molecule has 0 spiro atoms. The van der Waals surface area contributed by atoms with Crippen LogP contribution in [0.1, 0.15) is 5.82 Å². The normalized spacial score (nSPS) is 9.81. The highest BCUT2D eigenvalue weighted by atomic mass is 35.5. The average Bonchev–Trinajstić information content (AvgIpc) is 2.33. The van der Waals surface area contributed by atoms with E-state index >= 15 is 0 Å². The van der Waals surface area contributed by atoms with Crippen molar-refractivity contribution in [2.45, 2.75) is 0 Å². The van der Waals surface area contributed by atoms with Crippen LogP contribution in [0.2, 0.25) is 10.0 Å². The molecule has 16 heavy (non-hydrogen) atoms. The molecule has 0 radical (unpaired) electrons. The van der Waals surface area contributed by atoms with Crippen LogP contribution in [-0.2, 0) is 0 Å². The summed E-state index contributed by atoms with van der Waals surface area (Å²) < 4.78 is 0. The van der Waals surface area contributed by atoms with E-state index in [0.29, 0.717) is 15.7 Å². The van der Waals surface area contributed by atoms with E-state index < -0.39 is 0 Å². The summed E-state index contributed by atoms with van der Waals surface area (Å²) in [6, 6.07) is 8.77. The standard InChI is InChI=1S/C11H5Cl2N3/c12-8-2-1-7(5-9(8)13)10-3-4-15-11(6-14)16-10/h1-5H. The van der Waals surface area contributed by atoms with Gasteiger partial charge >= 0.3 is 0 Å². The van der Waals surface area contributed by atoms with Gasteiger partial charge in [-0.25, -0.2) is 9.97 Å². The second-order valence-corrected chi connectivity index (χ2v) is 3.82. The van der Waals surface area contributed by atoms with Crippen LogP contribution >= 0.6 is 23.2 Å². The Hall–Kier alpha value is -1.63. The second kappa shape index (κ2) is 4.48. The number of aromatic nitrogens is 2. The Labute approximate surface area is 102 Å². The van der Waals surface area contributed by atoms with Gasteiger partial charge in [-0.2, -0.15) is 5.26 Å². The zero-order chi connectivity index (χ0) is 11.5. The molecule has 3 nitrogen and oxygen atoms in total. The van der Waals surface area contributed by atoms with Crippen LogP contribution in [0.4, 0.5) is 0 Å². The molecule has 0 bridgehead atoms. The predicted molar refractivity (Wildman–Crippen MR) is 62.2 cm³/mol. The molecule has 5 heteroatoms. The average molecular weight is 250 g/mol. The van der Waals surface area contributed by atoms with Crippen molar-refractivity contribution in [3.8, 4) is 17.3 Å². The fourth-order valence-electron chi connectivity index (χ4n) is 1.23. The van der Waals surface area contributed by atoms with Gasteiger partial charge in [-0.3, -0.25) is 0 Å². The third-order valence-electron chi connectivity index (χ3n) is 1.97. The quantitative estimate of drug-likeness (QED) is 0.779. The third kappa shape index (κ3) is 2.13. The van der Waals surface area contributed by atoms with Gasteiger partial charge in [0.1, 0.15) is 6.07 Å². The number of benzene rings is 1. The molecule has 0 saturated carbocycles. The highest BCUT2D eigenvalue weighted by Gasteiger charge is 2.04. The van der Waals surface area contributed by atoms with Crippen LogP contribution in [0, 0.1) is 11.3 Å². The molecule has 0 amide bonds. The van der Waals surface area contributed by atoms with Crippen molar-refractivity contribution in [1.29, 1.82) is 5.26 Å². The summed E-state index contributed by atoms with van der Waals surface area (Å²) in [4.78, 5) is 7.85. The van der Waals surface area contributed by atoms with E-state index in [2.05, 4.69) is 9.97 Å². The highest BCUT2D eigenvalue weighted by Crippen LogP contribution is 2.27. The fraction of sp³-hybridized carbons (Fsp3) is 0. The van der Waals surface area contributed by atoms with E-state index in [0.717, 1.165) is 5.56 Å². The third-order valence-corrected chi connectivity index (χ3v) is 2.71. The van der Waals surface area contributed by atoms with E-state index in [9.17, 15) is 0 Å². The lowest BCUT2D eigenvalue weighted by Gasteiger charge is -2.02. The maximum atomic E-state index is 8.69. The molecule has 0 aliphatic carbocycles. The van der Waals surface area contributed by atoms with Crippen molar-refractivity contribution in [1.82, 2.24) is 9.97 Å². The van der Waals surface area contributed by atoms with Crippen molar-refractivity contribution in [3.05, 3.63) is 46.3 Å². The zero-order valence-corrected chi connectivity index (χ0v) is 9.50. The number of hydrogen-bond acceptors (Lipinski definition) is 3. The Balaban J connectivity index is 2.51. The number of hydrogen-bond donors (Lipinski definition) is 0. The molecule has 0 aliphatic rings. The van der Waals surface area contributed by atoms with Gasteiger partial charge < -0.3 is 0 Å². The summed E-state index contributed by atoms with van der Waals surface area (Å²) in [7, 11) is 0. The predicted octanol–water partition coefficient (Wildman–Crippen LogP) is 3.32. The van der Waals surface area contributed by atoms with Crippen molar-refractivity contribution in [2.75, 3.05) is 0 Å². The summed E-state index contributed by atoms with van der Waals surface area (Å²) in [5.41, 5.74) is 1.44. The largest absolute Gasteiger partial charge is 0.232 e. The number of nitrogens with zero attached hydrogens (tertiary/aromatic N) is 3. The number of nitriles is 1. The molecule has 0 unspecified atom stereocenters. The Bertz CT molecular complexity index is 576. The molecule has 0 saturated heterocycles. The van der Waals surface area contributed by atoms with Crippen molar-refractivity contribution >= 4 is 23.2 Å². The van der Waals surface area contributed by atoms with Crippen LogP contribution in [0.15, 0.2) is 30.5 Å². The second-order valence-electron chi connectivity index (χ2n) is 3.01. The smallest absolute Gasteiger partial charge is 0.227 e. The molecular formula is C11H5Cl2N3. The van der Waals surface area contributed by atoms with Gasteiger partial charge in [-0.1, -0.05) is 29.3 Å². The van der Waals surface area contributed by atoms with Crippen LogP contribution in [0.5, 0.6) is 0 Å². The number of rotatable bonds is 1. The lowest BCUT2D eigenvalue weighted by Crippen LogP contribution is -1.90. The Morgan fingerprint density at radius 2 is 1.94 bits per heavy atom. The van der Waals surface area contributed by atoms with Crippen LogP contribution < -0.4 is 0 Å². The van der Waals surface area contributed by atoms with Gasteiger partial charge in [0.25, 0.3) is 0 Å². The van der Waals surface area contributed by atoms with Gasteiger partial charge in [-0.05, 0) is 18.2 Å². The zero-order valence-electron chi connectivity index (χ0n) is 7.98. The monoisotopic (exact) mass is 249 g/mol. The lowest BCUT2D eigenvalue weighted by molar-refractivity contribution is 1.12. The van der Waals surface area contributed by atoms with Gasteiger partial charge in [0.2, 0.25) is 5.82 Å². The van der Waals surface area contributed by atoms with E-state index in [1.54, 1.807) is 24.3 Å². The van der Waals surface area contributed by atoms with Crippen molar-refractivity contribution < 1.29 is 0 Å². The molecule has 1 aromatic carbocycles. The summed E-state index contributed by atoms with van der Waals surface area (Å²) in [6.07, 6.45) is 1.53. The molecule has 2 rings (SSSR count). The number of halogens is 2. The molecule has 0 aliphatic heterocycles. The minimum absolute atomic E-state index is 0.128. The molecule has 1 heterocycles. The topological polar surface area (TPSA) is 49.6 Å². The van der Waals surface area contributed by atoms with Crippen molar-refractivity contribution in [2.24, 2.45) is 0 Å². The SMILES string of the molecule is N#Cc1nccc(-c2ccc(Cl)c(Cl)c2)n1. The first-order valence-corrected chi connectivity index (χ1v) is 5.15.